The molecule has 0 aliphatic rings. The van der Waals surface area contributed by atoms with Gasteiger partial charge in [-0.05, 0) is 67.5 Å². The van der Waals surface area contributed by atoms with Gasteiger partial charge in [0.25, 0.3) is 0 Å². The van der Waals surface area contributed by atoms with Crippen LogP contribution in [-0.2, 0) is 4.79 Å². The predicted octanol–water partition coefficient (Wildman–Crippen LogP) is 5.76. The number of aromatic amines is 1. The fourth-order valence-corrected chi connectivity index (χ4v) is 4.51. The van der Waals surface area contributed by atoms with Gasteiger partial charge in [-0.3, -0.25) is 20.1 Å². The maximum Gasteiger partial charge on any atom is 0.243 e. The molecule has 0 bridgehead atoms. The number of rotatable bonds is 11. The summed E-state index contributed by atoms with van der Waals surface area (Å²) in [5.74, 6) is -0.333. The van der Waals surface area contributed by atoms with Crippen molar-refractivity contribution in [2.75, 3.05) is 11.9 Å². The maximum atomic E-state index is 11.1. The lowest BCUT2D eigenvalue weighted by Gasteiger charge is -2.12. The van der Waals surface area contributed by atoms with Crippen LogP contribution in [0.4, 0.5) is 5.69 Å². The molecule has 0 aliphatic carbocycles. The molecule has 0 fully saturated rings. The van der Waals surface area contributed by atoms with Gasteiger partial charge in [-0.25, -0.2) is 5.48 Å². The van der Waals surface area contributed by atoms with E-state index in [1.54, 1.807) is 23.4 Å². The highest BCUT2D eigenvalue weighted by Crippen LogP contribution is 2.35. The summed E-state index contributed by atoms with van der Waals surface area (Å²) < 4.78 is 0. The van der Waals surface area contributed by atoms with Gasteiger partial charge in [-0.1, -0.05) is 36.4 Å². The number of carbonyl (C=O) groups excluding carboxylic acids is 1. The summed E-state index contributed by atoms with van der Waals surface area (Å²) in [4.78, 5) is 17.7. The first kappa shape index (κ1) is 23.5. The number of pyridine rings is 1. The van der Waals surface area contributed by atoms with Crippen LogP contribution >= 0.6 is 11.8 Å². The third-order valence-corrected chi connectivity index (χ3v) is 6.36. The van der Waals surface area contributed by atoms with Gasteiger partial charge in [-0.2, -0.15) is 5.10 Å². The molecule has 0 radical (unpaired) electrons. The molecule has 7 nitrogen and oxygen atoms in total. The Kier molecular flexibility index (Phi) is 8.32. The number of hydrogen-bond acceptors (Lipinski definition) is 6. The number of fused-ring (bicyclic) bond motifs is 1. The third kappa shape index (κ3) is 6.46. The molecule has 2 aromatic heterocycles. The Hall–Kier alpha value is -3.62. The Labute approximate surface area is 202 Å². The first-order chi connectivity index (χ1) is 16.7. The smallest absolute Gasteiger partial charge is 0.243 e. The van der Waals surface area contributed by atoms with Crippen molar-refractivity contribution in [3.8, 4) is 0 Å². The summed E-state index contributed by atoms with van der Waals surface area (Å²) in [6, 6.07) is 20.4. The lowest BCUT2D eigenvalue weighted by atomic mass is 10.2. The monoisotopic (exact) mass is 473 g/mol. The van der Waals surface area contributed by atoms with Crippen LogP contribution in [0.1, 0.15) is 37.1 Å². The zero-order chi connectivity index (χ0) is 23.6. The molecule has 0 spiro atoms. The second kappa shape index (κ2) is 12.0. The molecule has 8 heteroatoms. The van der Waals surface area contributed by atoms with E-state index < -0.39 is 0 Å². The van der Waals surface area contributed by atoms with E-state index in [9.17, 15) is 4.79 Å². The molecule has 0 aliphatic heterocycles. The van der Waals surface area contributed by atoms with E-state index >= 15 is 0 Å². The topological polar surface area (TPSA) is 103 Å². The fraction of sp³-hybridized carbons (Fsp3) is 0.192. The van der Waals surface area contributed by atoms with Crippen LogP contribution in [-0.4, -0.2) is 32.8 Å². The SMILES string of the molecule is O=C(CCCCCNc1ccccc1Sc1ccc2c(C=Cc3ccccn3)n[nH]c2c1)NO. The second-order valence-corrected chi connectivity index (χ2v) is 8.89. The first-order valence-corrected chi connectivity index (χ1v) is 12.1. The number of anilines is 1. The molecular weight excluding hydrogens is 446 g/mol. The number of para-hydroxylation sites is 1. The normalized spacial score (nSPS) is 11.2. The van der Waals surface area contributed by atoms with Crippen LogP contribution in [0, 0.1) is 0 Å². The van der Waals surface area contributed by atoms with Crippen molar-refractivity contribution >= 4 is 46.4 Å². The number of H-pyrrole nitrogens is 1. The van der Waals surface area contributed by atoms with Crippen molar-refractivity contribution in [1.82, 2.24) is 20.7 Å². The lowest BCUT2D eigenvalue weighted by Crippen LogP contribution is -2.17. The standard InChI is InChI=1S/C26H27N5O2S/c32-26(31-33)11-2-1-6-17-28-23-9-3-4-10-25(23)34-20-13-14-21-22(29-30-24(21)18-20)15-12-19-8-5-7-16-27-19/h3-5,7-10,12-16,18,28,33H,1-2,6,11,17H2,(H,29,30)(H,31,32). The molecule has 174 valence electrons. The third-order valence-electron chi connectivity index (χ3n) is 5.30. The van der Waals surface area contributed by atoms with Gasteiger partial charge in [0.15, 0.2) is 0 Å². The molecule has 1 amide bonds. The lowest BCUT2D eigenvalue weighted by molar-refractivity contribution is -0.129. The van der Waals surface area contributed by atoms with Crippen molar-refractivity contribution in [1.29, 1.82) is 0 Å². The highest BCUT2D eigenvalue weighted by atomic mass is 32.2. The minimum atomic E-state index is -0.333. The van der Waals surface area contributed by atoms with Gasteiger partial charge in [-0.15, -0.1) is 0 Å². The molecular formula is C26H27N5O2S. The van der Waals surface area contributed by atoms with Gasteiger partial charge in [0.2, 0.25) is 5.91 Å². The van der Waals surface area contributed by atoms with E-state index in [-0.39, 0.29) is 5.91 Å². The number of nitrogens with zero attached hydrogens (tertiary/aromatic N) is 2. The van der Waals surface area contributed by atoms with Crippen molar-refractivity contribution in [3.63, 3.8) is 0 Å². The number of nitrogens with one attached hydrogen (secondary N) is 3. The molecule has 34 heavy (non-hydrogen) atoms. The van der Waals surface area contributed by atoms with Crippen LogP contribution in [0.25, 0.3) is 23.1 Å². The summed E-state index contributed by atoms with van der Waals surface area (Å²) in [7, 11) is 0. The average Bonchev–Trinajstić information content (AvgIpc) is 3.28. The molecule has 0 unspecified atom stereocenters. The number of amides is 1. The minimum Gasteiger partial charge on any atom is -0.384 e. The Morgan fingerprint density at radius 2 is 1.91 bits per heavy atom. The summed E-state index contributed by atoms with van der Waals surface area (Å²) in [5, 5.41) is 20.7. The van der Waals surface area contributed by atoms with Crippen LogP contribution in [0.15, 0.2) is 76.7 Å². The zero-order valence-electron chi connectivity index (χ0n) is 18.7. The zero-order valence-corrected chi connectivity index (χ0v) is 19.5. The van der Waals surface area contributed by atoms with Gasteiger partial charge < -0.3 is 5.32 Å². The Bertz CT molecular complexity index is 1260. The number of benzene rings is 2. The molecule has 0 atom stereocenters. The average molecular weight is 474 g/mol. The highest BCUT2D eigenvalue weighted by Gasteiger charge is 2.08. The van der Waals surface area contributed by atoms with Crippen molar-refractivity contribution in [3.05, 3.63) is 78.2 Å². The number of hydrogen-bond donors (Lipinski definition) is 4. The first-order valence-electron chi connectivity index (χ1n) is 11.2. The number of hydroxylamine groups is 1. The summed E-state index contributed by atoms with van der Waals surface area (Å²) >= 11 is 1.70. The molecule has 4 rings (SSSR count). The van der Waals surface area contributed by atoms with Crippen LogP contribution in [0.3, 0.4) is 0 Å². The van der Waals surface area contributed by atoms with E-state index in [0.717, 1.165) is 63.6 Å². The molecule has 0 saturated carbocycles. The molecule has 4 N–H and O–H groups in total. The van der Waals surface area contributed by atoms with Gasteiger partial charge >= 0.3 is 0 Å². The summed E-state index contributed by atoms with van der Waals surface area (Å²) in [6.45, 7) is 0.823. The number of unbranched alkanes of at least 4 members (excludes halogenated alkanes) is 2. The number of aromatic nitrogens is 3. The Morgan fingerprint density at radius 3 is 2.76 bits per heavy atom. The van der Waals surface area contributed by atoms with Crippen LogP contribution in [0.2, 0.25) is 0 Å². The van der Waals surface area contributed by atoms with E-state index in [1.165, 1.54) is 0 Å². The maximum absolute atomic E-state index is 11.1. The quantitative estimate of drug-likeness (QED) is 0.126. The van der Waals surface area contributed by atoms with Gasteiger partial charge in [0.1, 0.15) is 0 Å². The minimum absolute atomic E-state index is 0.333. The van der Waals surface area contributed by atoms with E-state index in [2.05, 4.69) is 50.8 Å². The van der Waals surface area contributed by atoms with Crippen LogP contribution in [0.5, 0.6) is 0 Å². The van der Waals surface area contributed by atoms with E-state index in [4.69, 9.17) is 5.21 Å². The summed E-state index contributed by atoms with van der Waals surface area (Å²) in [6.07, 6.45) is 8.69. The highest BCUT2D eigenvalue weighted by molar-refractivity contribution is 7.99. The molecule has 2 heterocycles. The van der Waals surface area contributed by atoms with Crippen LogP contribution < -0.4 is 10.8 Å². The van der Waals surface area contributed by atoms with Crippen molar-refractivity contribution in [2.24, 2.45) is 0 Å². The Morgan fingerprint density at radius 1 is 1.03 bits per heavy atom. The largest absolute Gasteiger partial charge is 0.384 e. The van der Waals surface area contributed by atoms with E-state index in [0.29, 0.717) is 6.42 Å². The Balaban J connectivity index is 1.37. The predicted molar refractivity (Wildman–Crippen MR) is 137 cm³/mol. The fourth-order valence-electron chi connectivity index (χ4n) is 3.54. The summed E-state index contributed by atoms with van der Waals surface area (Å²) in [5.41, 5.74) is 5.52. The molecule has 2 aromatic carbocycles. The number of carbonyl (C=O) groups is 1. The molecule has 4 aromatic rings. The van der Waals surface area contributed by atoms with Gasteiger partial charge in [0.05, 0.1) is 16.9 Å². The van der Waals surface area contributed by atoms with Crippen molar-refractivity contribution < 1.29 is 10.0 Å². The molecule has 0 saturated heterocycles. The van der Waals surface area contributed by atoms with E-state index in [1.807, 2.05) is 42.5 Å². The van der Waals surface area contributed by atoms with Gasteiger partial charge in [0, 0.05) is 40.0 Å². The second-order valence-electron chi connectivity index (χ2n) is 7.77. The van der Waals surface area contributed by atoms with Crippen molar-refractivity contribution in [2.45, 2.75) is 35.5 Å².